The van der Waals surface area contributed by atoms with Crippen molar-refractivity contribution in [3.05, 3.63) is 42.0 Å². The Balaban J connectivity index is 1.85. The molecule has 1 heterocycles. The monoisotopic (exact) mass is 289 g/mol. The molecule has 5 nitrogen and oxygen atoms in total. The predicted molar refractivity (Wildman–Crippen MR) is 81.2 cm³/mol. The molecule has 2 aromatic rings. The van der Waals surface area contributed by atoms with Crippen LogP contribution in [0.4, 0.5) is 0 Å². The summed E-state index contributed by atoms with van der Waals surface area (Å²) in [5.74, 6) is 2.85. The molecule has 0 spiro atoms. The van der Waals surface area contributed by atoms with Gasteiger partial charge in [0.2, 0.25) is 5.89 Å². The zero-order valence-electron chi connectivity index (χ0n) is 12.7. The third-order valence-electron chi connectivity index (χ3n) is 3.21. The lowest BCUT2D eigenvalue weighted by molar-refractivity contribution is 0.310. The Hall–Kier alpha value is -1.88. The molecule has 1 atom stereocenters. The highest BCUT2D eigenvalue weighted by Crippen LogP contribution is 2.21. The van der Waals surface area contributed by atoms with Crippen LogP contribution in [0, 0.1) is 5.92 Å². The normalized spacial score (nSPS) is 12.6. The quantitative estimate of drug-likeness (QED) is 0.809. The number of nitrogens with zero attached hydrogens (tertiary/aromatic N) is 2. The van der Waals surface area contributed by atoms with E-state index in [0.717, 1.165) is 12.2 Å². The Kier molecular flexibility index (Phi) is 5.75. The Bertz CT molecular complexity index is 525. The van der Waals surface area contributed by atoms with Gasteiger partial charge in [-0.05, 0) is 24.5 Å². The fourth-order valence-electron chi connectivity index (χ4n) is 2.18. The molecule has 2 rings (SSSR count). The van der Waals surface area contributed by atoms with E-state index in [1.54, 1.807) is 0 Å². The fraction of sp³-hybridized carbons (Fsp3) is 0.500. The smallest absolute Gasteiger partial charge is 0.231 e. The Morgan fingerprint density at radius 3 is 2.67 bits per heavy atom. The molecule has 21 heavy (non-hydrogen) atoms. The summed E-state index contributed by atoms with van der Waals surface area (Å²) < 4.78 is 10.9. The van der Waals surface area contributed by atoms with Gasteiger partial charge in [-0.3, -0.25) is 0 Å². The van der Waals surface area contributed by atoms with E-state index in [-0.39, 0.29) is 5.92 Å². The van der Waals surface area contributed by atoms with E-state index in [1.807, 2.05) is 30.3 Å². The maximum absolute atomic E-state index is 5.79. The number of nitrogens with two attached hydrogens (primary N) is 1. The average molecular weight is 289 g/mol. The van der Waals surface area contributed by atoms with Crippen LogP contribution >= 0.6 is 0 Å². The molecule has 0 aliphatic rings. The molecule has 0 bridgehead atoms. The Labute approximate surface area is 125 Å². The molecule has 0 radical (unpaired) electrons. The van der Waals surface area contributed by atoms with Gasteiger partial charge in [0.25, 0.3) is 0 Å². The second-order valence-corrected chi connectivity index (χ2v) is 5.52. The zero-order chi connectivity index (χ0) is 15.1. The van der Waals surface area contributed by atoms with Gasteiger partial charge >= 0.3 is 0 Å². The first-order valence-corrected chi connectivity index (χ1v) is 7.39. The van der Waals surface area contributed by atoms with Gasteiger partial charge in [-0.15, -0.1) is 0 Å². The molecule has 1 unspecified atom stereocenters. The van der Waals surface area contributed by atoms with E-state index in [1.165, 1.54) is 0 Å². The van der Waals surface area contributed by atoms with E-state index >= 15 is 0 Å². The van der Waals surface area contributed by atoms with E-state index in [2.05, 4.69) is 24.0 Å². The van der Waals surface area contributed by atoms with Crippen LogP contribution in [0.3, 0.4) is 0 Å². The molecule has 0 fully saturated rings. The average Bonchev–Trinajstić information content (AvgIpc) is 2.94. The summed E-state index contributed by atoms with van der Waals surface area (Å²) in [6.07, 6.45) is 1.58. The van der Waals surface area contributed by atoms with E-state index in [0.29, 0.717) is 37.2 Å². The van der Waals surface area contributed by atoms with Crippen molar-refractivity contribution in [2.45, 2.75) is 32.6 Å². The SMILES string of the molecule is CC(C)CC(CN)c1nc(CCOc2ccccc2)no1. The molecule has 114 valence electrons. The highest BCUT2D eigenvalue weighted by atomic mass is 16.5. The number of aromatic nitrogens is 2. The van der Waals surface area contributed by atoms with Crippen LogP contribution in [-0.2, 0) is 6.42 Å². The van der Waals surface area contributed by atoms with Crippen LogP contribution in [0.15, 0.2) is 34.9 Å². The number of ether oxygens (including phenoxy) is 1. The van der Waals surface area contributed by atoms with E-state index < -0.39 is 0 Å². The van der Waals surface area contributed by atoms with Crippen molar-refractivity contribution in [1.82, 2.24) is 10.1 Å². The Morgan fingerprint density at radius 1 is 1.24 bits per heavy atom. The second kappa shape index (κ2) is 7.78. The zero-order valence-corrected chi connectivity index (χ0v) is 12.7. The van der Waals surface area contributed by atoms with Gasteiger partial charge in [0.15, 0.2) is 5.82 Å². The van der Waals surface area contributed by atoms with Crippen molar-refractivity contribution >= 4 is 0 Å². The number of benzene rings is 1. The number of hydrogen-bond acceptors (Lipinski definition) is 5. The number of rotatable bonds is 8. The summed E-state index contributed by atoms with van der Waals surface area (Å²) in [6.45, 7) is 5.38. The molecule has 1 aromatic carbocycles. The van der Waals surface area contributed by atoms with E-state index in [4.69, 9.17) is 15.0 Å². The summed E-state index contributed by atoms with van der Waals surface area (Å²) in [6, 6.07) is 9.70. The highest BCUT2D eigenvalue weighted by Gasteiger charge is 2.18. The number of hydrogen-bond donors (Lipinski definition) is 1. The summed E-state index contributed by atoms with van der Waals surface area (Å²) in [7, 11) is 0. The van der Waals surface area contributed by atoms with Gasteiger partial charge in [-0.2, -0.15) is 4.98 Å². The molecule has 0 saturated carbocycles. The van der Waals surface area contributed by atoms with Gasteiger partial charge in [-0.25, -0.2) is 0 Å². The molecule has 0 aliphatic carbocycles. The first kappa shape index (κ1) is 15.5. The third-order valence-corrected chi connectivity index (χ3v) is 3.21. The van der Waals surface area contributed by atoms with Crippen LogP contribution in [0.5, 0.6) is 5.75 Å². The van der Waals surface area contributed by atoms with Crippen molar-refractivity contribution in [2.75, 3.05) is 13.2 Å². The maximum Gasteiger partial charge on any atom is 0.231 e. The molecule has 2 N–H and O–H groups in total. The summed E-state index contributed by atoms with van der Waals surface area (Å²) in [4.78, 5) is 4.43. The minimum atomic E-state index is 0.140. The number of para-hydroxylation sites is 1. The van der Waals surface area contributed by atoms with Crippen LogP contribution in [0.25, 0.3) is 0 Å². The topological polar surface area (TPSA) is 74.2 Å². The Morgan fingerprint density at radius 2 is 2.00 bits per heavy atom. The van der Waals surface area contributed by atoms with Crippen LogP contribution in [0.2, 0.25) is 0 Å². The lowest BCUT2D eigenvalue weighted by Crippen LogP contribution is -2.15. The van der Waals surface area contributed by atoms with Crippen molar-refractivity contribution in [3.63, 3.8) is 0 Å². The summed E-state index contributed by atoms with van der Waals surface area (Å²) >= 11 is 0. The fourth-order valence-corrected chi connectivity index (χ4v) is 2.18. The van der Waals surface area contributed by atoms with Gasteiger partial charge in [0, 0.05) is 13.0 Å². The highest BCUT2D eigenvalue weighted by molar-refractivity contribution is 5.20. The van der Waals surface area contributed by atoms with Gasteiger partial charge in [-0.1, -0.05) is 37.2 Å². The first-order valence-electron chi connectivity index (χ1n) is 7.39. The molecule has 0 aliphatic heterocycles. The van der Waals surface area contributed by atoms with Gasteiger partial charge in [0.05, 0.1) is 12.5 Å². The largest absolute Gasteiger partial charge is 0.493 e. The minimum Gasteiger partial charge on any atom is -0.493 e. The first-order chi connectivity index (χ1) is 10.2. The van der Waals surface area contributed by atoms with Crippen LogP contribution < -0.4 is 10.5 Å². The maximum atomic E-state index is 5.79. The van der Waals surface area contributed by atoms with Crippen molar-refractivity contribution in [1.29, 1.82) is 0 Å². The molecule has 1 aromatic heterocycles. The minimum absolute atomic E-state index is 0.140. The lowest BCUT2D eigenvalue weighted by atomic mass is 9.97. The predicted octanol–water partition coefficient (Wildman–Crippen LogP) is 2.78. The van der Waals surface area contributed by atoms with Crippen LogP contribution in [-0.4, -0.2) is 23.3 Å². The van der Waals surface area contributed by atoms with Crippen molar-refractivity contribution in [3.8, 4) is 5.75 Å². The van der Waals surface area contributed by atoms with E-state index in [9.17, 15) is 0 Å². The van der Waals surface area contributed by atoms with Crippen molar-refractivity contribution < 1.29 is 9.26 Å². The molecule has 0 saturated heterocycles. The summed E-state index contributed by atoms with van der Waals surface area (Å²) in [5, 5.41) is 4.00. The summed E-state index contributed by atoms with van der Waals surface area (Å²) in [5.41, 5.74) is 5.79. The standard InChI is InChI=1S/C16H23N3O2/c1-12(2)10-13(11-17)16-18-15(19-21-16)8-9-20-14-6-4-3-5-7-14/h3-7,12-13H,8-11,17H2,1-2H3. The van der Waals surface area contributed by atoms with Gasteiger partial charge in [0.1, 0.15) is 5.75 Å². The molecular weight excluding hydrogens is 266 g/mol. The van der Waals surface area contributed by atoms with Gasteiger partial charge < -0.3 is 15.0 Å². The van der Waals surface area contributed by atoms with Crippen molar-refractivity contribution in [2.24, 2.45) is 11.7 Å². The second-order valence-electron chi connectivity index (χ2n) is 5.52. The molecular formula is C16H23N3O2. The third kappa shape index (κ3) is 4.86. The molecule has 5 heteroatoms. The lowest BCUT2D eigenvalue weighted by Gasteiger charge is -2.11. The van der Waals surface area contributed by atoms with Crippen LogP contribution in [0.1, 0.15) is 37.9 Å². The molecule has 0 amide bonds.